The Morgan fingerprint density at radius 1 is 1.14 bits per heavy atom. The molecule has 0 aromatic heterocycles. The highest BCUT2D eigenvalue weighted by Crippen LogP contribution is 2.42. The van der Waals surface area contributed by atoms with Crippen molar-refractivity contribution < 1.29 is 34.0 Å². The zero-order valence-corrected chi connectivity index (χ0v) is 20.9. The zero-order valence-electron chi connectivity index (χ0n) is 20.9. The third kappa shape index (κ3) is 5.79. The molecule has 2 aliphatic rings. The molecule has 2 heterocycles. The second-order valence-corrected chi connectivity index (χ2v) is 8.86. The number of hydrogen-bond acceptors (Lipinski definition) is 8. The number of carbonyl (C=O) groups excluding carboxylic acids is 2. The number of phenols is 1. The Morgan fingerprint density at radius 3 is 2.54 bits per heavy atom. The molecule has 2 aliphatic heterocycles. The molecule has 2 aromatic carbocycles. The van der Waals surface area contributed by atoms with E-state index < -0.39 is 17.7 Å². The van der Waals surface area contributed by atoms with Crippen LogP contribution in [0.2, 0.25) is 0 Å². The zero-order chi connectivity index (χ0) is 26.4. The molecule has 37 heavy (non-hydrogen) atoms. The van der Waals surface area contributed by atoms with Crippen LogP contribution in [0.4, 0.5) is 0 Å². The van der Waals surface area contributed by atoms with E-state index in [0.717, 1.165) is 19.6 Å². The lowest BCUT2D eigenvalue weighted by Crippen LogP contribution is -2.38. The van der Waals surface area contributed by atoms with E-state index >= 15 is 0 Å². The van der Waals surface area contributed by atoms with Crippen molar-refractivity contribution in [1.29, 1.82) is 0 Å². The molecule has 1 amide bonds. The van der Waals surface area contributed by atoms with Gasteiger partial charge in [-0.2, -0.15) is 0 Å². The summed E-state index contributed by atoms with van der Waals surface area (Å²) in [4.78, 5) is 30.2. The molecule has 2 saturated heterocycles. The Labute approximate surface area is 216 Å². The van der Waals surface area contributed by atoms with Crippen LogP contribution in [-0.2, 0) is 14.3 Å². The Balaban J connectivity index is 1.68. The normalized spacial score (nSPS) is 19.7. The number of Topliss-reactive ketones (excluding diaryl/α,β-unsaturated/α-hetero) is 1. The minimum absolute atomic E-state index is 0.0103. The van der Waals surface area contributed by atoms with Gasteiger partial charge in [0.15, 0.2) is 11.5 Å². The van der Waals surface area contributed by atoms with Gasteiger partial charge in [0, 0.05) is 31.7 Å². The fourth-order valence-electron chi connectivity index (χ4n) is 4.63. The second kappa shape index (κ2) is 11.9. The molecule has 1 atom stereocenters. The maximum Gasteiger partial charge on any atom is 0.295 e. The Morgan fingerprint density at radius 2 is 1.86 bits per heavy atom. The molecular weight excluding hydrogens is 476 g/mol. The molecule has 0 aliphatic carbocycles. The van der Waals surface area contributed by atoms with E-state index in [1.807, 2.05) is 0 Å². The summed E-state index contributed by atoms with van der Waals surface area (Å²) in [6.45, 7) is 8.03. The molecule has 0 unspecified atom stereocenters. The quantitative estimate of drug-likeness (QED) is 0.218. The van der Waals surface area contributed by atoms with Crippen LogP contribution in [0.25, 0.3) is 5.76 Å². The monoisotopic (exact) mass is 508 g/mol. The highest BCUT2D eigenvalue weighted by atomic mass is 16.5. The van der Waals surface area contributed by atoms with Crippen LogP contribution in [-0.4, -0.2) is 84.8 Å². The number of hydrogen-bond donors (Lipinski definition) is 2. The summed E-state index contributed by atoms with van der Waals surface area (Å²) >= 11 is 0. The van der Waals surface area contributed by atoms with Gasteiger partial charge in [-0.1, -0.05) is 18.7 Å². The first-order valence-electron chi connectivity index (χ1n) is 12.2. The van der Waals surface area contributed by atoms with Crippen molar-refractivity contribution in [1.82, 2.24) is 9.80 Å². The van der Waals surface area contributed by atoms with Gasteiger partial charge in [0.25, 0.3) is 11.7 Å². The molecule has 2 aromatic rings. The van der Waals surface area contributed by atoms with Crippen molar-refractivity contribution >= 4 is 17.4 Å². The van der Waals surface area contributed by atoms with Crippen LogP contribution in [0.5, 0.6) is 17.2 Å². The first-order chi connectivity index (χ1) is 17.9. The average molecular weight is 509 g/mol. The lowest BCUT2D eigenvalue weighted by atomic mass is 9.95. The van der Waals surface area contributed by atoms with Gasteiger partial charge in [-0.15, -0.1) is 0 Å². The van der Waals surface area contributed by atoms with Crippen molar-refractivity contribution in [3.8, 4) is 17.2 Å². The van der Waals surface area contributed by atoms with Crippen LogP contribution in [0.15, 0.2) is 60.7 Å². The van der Waals surface area contributed by atoms with E-state index in [2.05, 4.69) is 11.5 Å². The number of benzene rings is 2. The molecule has 9 nitrogen and oxygen atoms in total. The number of morpholine rings is 1. The molecule has 0 spiro atoms. The number of ether oxygens (including phenoxy) is 3. The van der Waals surface area contributed by atoms with Crippen LogP contribution < -0.4 is 9.47 Å². The van der Waals surface area contributed by atoms with Gasteiger partial charge in [-0.3, -0.25) is 14.5 Å². The number of aromatic hydroxyl groups is 1. The number of methoxy groups -OCH3 is 1. The van der Waals surface area contributed by atoms with Gasteiger partial charge < -0.3 is 29.3 Å². The Bertz CT molecular complexity index is 1170. The van der Waals surface area contributed by atoms with E-state index in [-0.39, 0.29) is 22.8 Å². The molecular formula is C28H32N2O7. The van der Waals surface area contributed by atoms with Crippen LogP contribution in [0.3, 0.4) is 0 Å². The smallest absolute Gasteiger partial charge is 0.295 e. The van der Waals surface area contributed by atoms with Crippen molar-refractivity contribution in [2.45, 2.75) is 12.5 Å². The summed E-state index contributed by atoms with van der Waals surface area (Å²) in [5.74, 6) is -0.980. The minimum atomic E-state index is -0.837. The predicted octanol–water partition coefficient (Wildman–Crippen LogP) is 3.11. The molecule has 0 bridgehead atoms. The number of aliphatic hydroxyl groups excluding tert-OH is 1. The number of aliphatic hydroxyl groups is 1. The molecule has 4 rings (SSSR count). The number of carbonyl (C=O) groups is 2. The standard InChI is InChI=1S/C28H32N2O7/c1-3-15-37-21-8-5-19(6-9-21)26(32)24-25(20-7-10-22(31)23(18-20)35-2)30(28(34)27(24)33)12-4-11-29-13-16-36-17-14-29/h3,5-10,18,25,31-32H,1,4,11-17H2,2H3/t25-/m0/s1. The van der Waals surface area contributed by atoms with Crippen LogP contribution in [0.1, 0.15) is 23.6 Å². The van der Waals surface area contributed by atoms with Crippen molar-refractivity contribution in [2.24, 2.45) is 0 Å². The van der Waals surface area contributed by atoms with E-state index in [9.17, 15) is 19.8 Å². The van der Waals surface area contributed by atoms with Gasteiger partial charge >= 0.3 is 0 Å². The topological polar surface area (TPSA) is 109 Å². The first kappa shape index (κ1) is 26.2. The van der Waals surface area contributed by atoms with Crippen molar-refractivity contribution in [3.05, 3.63) is 71.8 Å². The third-order valence-corrected chi connectivity index (χ3v) is 6.53. The number of phenolic OH excluding ortho intramolecular Hbond substituents is 1. The second-order valence-electron chi connectivity index (χ2n) is 8.86. The minimum Gasteiger partial charge on any atom is -0.507 e. The molecule has 9 heteroatoms. The highest BCUT2D eigenvalue weighted by Gasteiger charge is 2.46. The van der Waals surface area contributed by atoms with Crippen LogP contribution >= 0.6 is 0 Å². The molecule has 2 fully saturated rings. The van der Waals surface area contributed by atoms with Gasteiger partial charge in [-0.25, -0.2) is 0 Å². The molecule has 2 N–H and O–H groups in total. The van der Waals surface area contributed by atoms with E-state index in [0.29, 0.717) is 49.7 Å². The SMILES string of the molecule is C=CCOc1ccc(C(O)=C2C(=O)C(=O)N(CCCN3CCOCC3)[C@H]2c2ccc(O)c(OC)c2)cc1. The molecule has 196 valence electrons. The number of likely N-dealkylation sites (tertiary alicyclic amines) is 1. The Hall–Kier alpha value is -3.82. The third-order valence-electron chi connectivity index (χ3n) is 6.53. The van der Waals surface area contributed by atoms with Gasteiger partial charge in [0.05, 0.1) is 31.9 Å². The lowest BCUT2D eigenvalue weighted by Gasteiger charge is -2.29. The maximum atomic E-state index is 13.3. The summed E-state index contributed by atoms with van der Waals surface area (Å²) in [5, 5.41) is 21.4. The van der Waals surface area contributed by atoms with Gasteiger partial charge in [0.2, 0.25) is 0 Å². The summed E-state index contributed by atoms with van der Waals surface area (Å²) in [6.07, 6.45) is 2.27. The summed E-state index contributed by atoms with van der Waals surface area (Å²) in [5.41, 5.74) is 0.921. The van der Waals surface area contributed by atoms with Crippen molar-refractivity contribution in [3.63, 3.8) is 0 Å². The lowest BCUT2D eigenvalue weighted by molar-refractivity contribution is -0.140. The van der Waals surface area contributed by atoms with Gasteiger partial charge in [0.1, 0.15) is 18.1 Å². The first-order valence-corrected chi connectivity index (χ1v) is 12.2. The van der Waals surface area contributed by atoms with E-state index in [1.165, 1.54) is 18.1 Å². The molecule has 0 radical (unpaired) electrons. The van der Waals surface area contributed by atoms with Gasteiger partial charge in [-0.05, 0) is 48.4 Å². The fraction of sp³-hybridized carbons (Fsp3) is 0.357. The maximum absolute atomic E-state index is 13.3. The fourth-order valence-corrected chi connectivity index (χ4v) is 4.63. The predicted molar refractivity (Wildman–Crippen MR) is 138 cm³/mol. The number of ketones is 1. The summed E-state index contributed by atoms with van der Waals surface area (Å²) < 4.78 is 16.2. The van der Waals surface area contributed by atoms with E-state index in [4.69, 9.17) is 14.2 Å². The number of amides is 1. The summed E-state index contributed by atoms with van der Waals surface area (Å²) in [6, 6.07) is 10.4. The average Bonchev–Trinajstić information content (AvgIpc) is 3.17. The Kier molecular flexibility index (Phi) is 8.47. The summed E-state index contributed by atoms with van der Waals surface area (Å²) in [7, 11) is 1.42. The number of nitrogens with zero attached hydrogens (tertiary/aromatic N) is 2. The van der Waals surface area contributed by atoms with Crippen LogP contribution in [0, 0.1) is 0 Å². The van der Waals surface area contributed by atoms with E-state index in [1.54, 1.807) is 42.5 Å². The highest BCUT2D eigenvalue weighted by molar-refractivity contribution is 6.46. The van der Waals surface area contributed by atoms with Crippen molar-refractivity contribution in [2.75, 3.05) is 53.1 Å². The number of rotatable bonds is 10. The largest absolute Gasteiger partial charge is 0.507 e. The molecule has 0 saturated carbocycles.